The largest absolute Gasteiger partial charge is 0.497 e. The zero-order valence-corrected chi connectivity index (χ0v) is 10.9. The molecule has 18 heavy (non-hydrogen) atoms. The first kappa shape index (κ1) is 14.3. The summed E-state index contributed by atoms with van der Waals surface area (Å²) in [6.07, 6.45) is -0.447. The lowest BCUT2D eigenvalue weighted by Crippen LogP contribution is -2.12. The van der Waals surface area contributed by atoms with Crippen LogP contribution in [0.1, 0.15) is 6.42 Å². The molecule has 7 heteroatoms. The van der Waals surface area contributed by atoms with E-state index in [1.54, 1.807) is 0 Å². The van der Waals surface area contributed by atoms with Gasteiger partial charge < -0.3 is 14.6 Å². The maximum absolute atomic E-state index is 11.9. The Morgan fingerprint density at radius 2 is 1.94 bits per heavy atom. The smallest absolute Gasteiger partial charge is 0.304 e. The summed E-state index contributed by atoms with van der Waals surface area (Å²) in [6, 6.07) is 4.26. The van der Waals surface area contributed by atoms with Crippen molar-refractivity contribution in [3.8, 4) is 11.5 Å². The van der Waals surface area contributed by atoms with E-state index in [-0.39, 0.29) is 10.6 Å². The molecule has 1 N–H and O–H groups in total. The lowest BCUT2D eigenvalue weighted by atomic mass is 10.3. The zero-order valence-electron chi connectivity index (χ0n) is 10.0. The van der Waals surface area contributed by atoms with Crippen molar-refractivity contribution in [2.45, 2.75) is 11.3 Å². The maximum Gasteiger partial charge on any atom is 0.304 e. The molecule has 0 saturated carbocycles. The first-order chi connectivity index (χ1) is 8.40. The molecule has 0 fully saturated rings. The number of hydrogen-bond acceptors (Lipinski definition) is 5. The summed E-state index contributed by atoms with van der Waals surface area (Å²) >= 11 is 0. The zero-order chi connectivity index (χ0) is 13.8. The van der Waals surface area contributed by atoms with Crippen molar-refractivity contribution in [3.05, 3.63) is 18.2 Å². The summed E-state index contributed by atoms with van der Waals surface area (Å²) in [5.41, 5.74) is 0. The van der Waals surface area contributed by atoms with E-state index in [1.807, 2.05) is 0 Å². The van der Waals surface area contributed by atoms with Gasteiger partial charge in [0, 0.05) is 6.07 Å². The third-order valence-corrected chi connectivity index (χ3v) is 4.04. The van der Waals surface area contributed by atoms with Crippen LogP contribution in [0.5, 0.6) is 11.5 Å². The van der Waals surface area contributed by atoms with Gasteiger partial charge in [-0.15, -0.1) is 0 Å². The number of aliphatic carboxylic acids is 1. The second-order valence-corrected chi connectivity index (χ2v) is 5.56. The monoisotopic (exact) mass is 274 g/mol. The van der Waals surface area contributed by atoms with E-state index in [4.69, 9.17) is 14.6 Å². The minimum Gasteiger partial charge on any atom is -0.497 e. The van der Waals surface area contributed by atoms with Gasteiger partial charge in [0.15, 0.2) is 9.84 Å². The molecule has 0 aromatic heterocycles. The van der Waals surface area contributed by atoms with E-state index < -0.39 is 28.0 Å². The Morgan fingerprint density at radius 1 is 1.28 bits per heavy atom. The molecule has 0 amide bonds. The molecule has 1 aromatic rings. The fourth-order valence-corrected chi connectivity index (χ4v) is 2.75. The lowest BCUT2D eigenvalue weighted by Gasteiger charge is -2.10. The van der Waals surface area contributed by atoms with Gasteiger partial charge in [0.05, 0.1) is 26.4 Å². The highest BCUT2D eigenvalue weighted by molar-refractivity contribution is 7.91. The highest BCUT2D eigenvalue weighted by atomic mass is 32.2. The molecule has 0 spiro atoms. The molecule has 0 radical (unpaired) electrons. The number of ether oxygens (including phenoxy) is 2. The number of hydrogen-bond donors (Lipinski definition) is 1. The van der Waals surface area contributed by atoms with Gasteiger partial charge in [0.2, 0.25) is 0 Å². The SMILES string of the molecule is COc1ccc(S(=O)(=O)CCC(=O)O)c(OC)c1. The molecule has 0 bridgehead atoms. The highest BCUT2D eigenvalue weighted by Gasteiger charge is 2.21. The molecular weight excluding hydrogens is 260 g/mol. The number of rotatable bonds is 6. The third kappa shape index (κ3) is 3.36. The summed E-state index contributed by atoms with van der Waals surface area (Å²) in [6.45, 7) is 0. The topological polar surface area (TPSA) is 89.9 Å². The molecule has 0 atom stereocenters. The highest BCUT2D eigenvalue weighted by Crippen LogP contribution is 2.29. The predicted octanol–water partition coefficient (Wildman–Crippen LogP) is 0.952. The first-order valence-corrected chi connectivity index (χ1v) is 6.72. The van der Waals surface area contributed by atoms with Crippen molar-refractivity contribution in [3.63, 3.8) is 0 Å². The summed E-state index contributed by atoms with van der Waals surface area (Å²) in [7, 11) is -0.894. The molecule has 1 aromatic carbocycles. The van der Waals surface area contributed by atoms with Crippen LogP contribution in [-0.2, 0) is 14.6 Å². The van der Waals surface area contributed by atoms with Gasteiger partial charge in [-0.05, 0) is 12.1 Å². The Hall–Kier alpha value is -1.76. The van der Waals surface area contributed by atoms with E-state index in [1.165, 1.54) is 32.4 Å². The number of methoxy groups -OCH3 is 2. The molecule has 0 aliphatic carbocycles. The molecule has 0 aliphatic rings. The van der Waals surface area contributed by atoms with Crippen LogP contribution in [0.3, 0.4) is 0 Å². The fraction of sp³-hybridized carbons (Fsp3) is 0.364. The van der Waals surface area contributed by atoms with E-state index in [0.717, 1.165) is 0 Å². The number of sulfone groups is 1. The summed E-state index contributed by atoms with van der Waals surface area (Å²) in [4.78, 5) is 10.4. The average Bonchev–Trinajstić information content (AvgIpc) is 2.35. The van der Waals surface area contributed by atoms with E-state index in [0.29, 0.717) is 5.75 Å². The van der Waals surface area contributed by atoms with E-state index in [9.17, 15) is 13.2 Å². The van der Waals surface area contributed by atoms with Crippen molar-refractivity contribution in [1.29, 1.82) is 0 Å². The van der Waals surface area contributed by atoms with Crippen molar-refractivity contribution in [2.24, 2.45) is 0 Å². The van der Waals surface area contributed by atoms with Gasteiger partial charge in [-0.3, -0.25) is 4.79 Å². The molecule has 0 aliphatic heterocycles. The Balaban J connectivity index is 3.11. The van der Waals surface area contributed by atoms with Gasteiger partial charge in [0.1, 0.15) is 16.4 Å². The number of carbonyl (C=O) groups is 1. The third-order valence-electron chi connectivity index (χ3n) is 2.29. The summed E-state index contributed by atoms with van der Waals surface area (Å²) in [5, 5.41) is 8.52. The maximum atomic E-state index is 11.9. The van der Waals surface area contributed by atoms with Crippen LogP contribution in [0.15, 0.2) is 23.1 Å². The molecular formula is C11H14O6S. The van der Waals surface area contributed by atoms with Gasteiger partial charge in [-0.25, -0.2) is 8.42 Å². The Labute approximate surface area is 105 Å². The summed E-state index contributed by atoms with van der Waals surface area (Å²) < 4.78 is 33.8. The molecule has 1 rings (SSSR count). The van der Waals surface area contributed by atoms with Crippen molar-refractivity contribution in [1.82, 2.24) is 0 Å². The molecule has 0 heterocycles. The predicted molar refractivity (Wildman–Crippen MR) is 63.9 cm³/mol. The second-order valence-electron chi connectivity index (χ2n) is 3.48. The van der Waals surface area contributed by atoms with Crippen molar-refractivity contribution < 1.29 is 27.8 Å². The van der Waals surface area contributed by atoms with Gasteiger partial charge in [-0.2, -0.15) is 0 Å². The minimum absolute atomic E-state index is 0.0351. The number of benzene rings is 1. The Bertz CT molecular complexity index is 534. The van der Waals surface area contributed by atoms with Crippen LogP contribution >= 0.6 is 0 Å². The minimum atomic E-state index is -3.68. The van der Waals surface area contributed by atoms with Crippen molar-refractivity contribution in [2.75, 3.05) is 20.0 Å². The van der Waals surface area contributed by atoms with Gasteiger partial charge in [-0.1, -0.05) is 0 Å². The molecule has 0 unspecified atom stereocenters. The van der Waals surface area contributed by atoms with Crippen LogP contribution in [0.25, 0.3) is 0 Å². The number of carboxylic acid groups (broad SMARTS) is 1. The van der Waals surface area contributed by atoms with Gasteiger partial charge >= 0.3 is 5.97 Å². The molecule has 0 saturated heterocycles. The van der Waals surface area contributed by atoms with Crippen LogP contribution in [0.2, 0.25) is 0 Å². The normalized spacial score (nSPS) is 11.0. The number of carboxylic acids is 1. The molecule has 6 nitrogen and oxygen atoms in total. The van der Waals surface area contributed by atoms with E-state index in [2.05, 4.69) is 0 Å². The Kier molecular flexibility index (Phi) is 4.55. The first-order valence-electron chi connectivity index (χ1n) is 5.07. The van der Waals surface area contributed by atoms with Crippen LogP contribution in [0, 0.1) is 0 Å². The van der Waals surface area contributed by atoms with Crippen LogP contribution in [0.4, 0.5) is 0 Å². The fourth-order valence-electron chi connectivity index (χ4n) is 1.36. The van der Waals surface area contributed by atoms with E-state index >= 15 is 0 Å². The van der Waals surface area contributed by atoms with Crippen LogP contribution < -0.4 is 9.47 Å². The van der Waals surface area contributed by atoms with Crippen molar-refractivity contribution >= 4 is 15.8 Å². The Morgan fingerprint density at radius 3 is 2.44 bits per heavy atom. The lowest BCUT2D eigenvalue weighted by molar-refractivity contribution is -0.136. The van der Waals surface area contributed by atoms with Gasteiger partial charge in [0.25, 0.3) is 0 Å². The second kappa shape index (κ2) is 5.72. The molecule has 100 valence electrons. The van der Waals surface area contributed by atoms with Crippen LogP contribution in [-0.4, -0.2) is 39.5 Å². The standard InChI is InChI=1S/C11H14O6S/c1-16-8-3-4-10(9(7-8)17-2)18(14,15)6-5-11(12)13/h3-4,7H,5-6H2,1-2H3,(H,12,13). The summed E-state index contributed by atoms with van der Waals surface area (Å²) in [5.74, 6) is -1.03. The quantitative estimate of drug-likeness (QED) is 0.830. The average molecular weight is 274 g/mol.